The van der Waals surface area contributed by atoms with Crippen LogP contribution < -0.4 is 4.74 Å². The van der Waals surface area contributed by atoms with Gasteiger partial charge in [0.1, 0.15) is 17.6 Å². The van der Waals surface area contributed by atoms with Gasteiger partial charge in [-0.3, -0.25) is 0 Å². The standard InChI is InChI=1S/C13H10ClN3O/c1-17-6-5-11-12(17)13(16-8-15-11)18-10-4-2-3-9(14)7-10/h2-8H,1H3. The molecular formula is C13H10ClN3O. The second-order valence-electron chi connectivity index (χ2n) is 3.90. The van der Waals surface area contributed by atoms with E-state index in [0.717, 1.165) is 11.0 Å². The summed E-state index contributed by atoms with van der Waals surface area (Å²) in [4.78, 5) is 8.35. The van der Waals surface area contributed by atoms with E-state index in [1.807, 2.05) is 36.0 Å². The van der Waals surface area contributed by atoms with Gasteiger partial charge in [-0.05, 0) is 24.3 Å². The Kier molecular flexibility index (Phi) is 2.64. The Morgan fingerprint density at radius 1 is 1.22 bits per heavy atom. The molecule has 0 saturated carbocycles. The van der Waals surface area contributed by atoms with Crippen LogP contribution in [-0.2, 0) is 7.05 Å². The molecule has 2 aromatic heterocycles. The average molecular weight is 260 g/mol. The molecule has 0 unspecified atom stereocenters. The largest absolute Gasteiger partial charge is 0.437 e. The summed E-state index contributed by atoms with van der Waals surface area (Å²) in [6, 6.07) is 9.14. The van der Waals surface area contributed by atoms with E-state index in [2.05, 4.69) is 9.97 Å². The van der Waals surface area contributed by atoms with E-state index in [1.54, 1.807) is 12.1 Å². The van der Waals surface area contributed by atoms with Crippen LogP contribution in [0.1, 0.15) is 0 Å². The van der Waals surface area contributed by atoms with Crippen molar-refractivity contribution in [2.24, 2.45) is 7.05 Å². The van der Waals surface area contributed by atoms with Crippen molar-refractivity contribution in [3.63, 3.8) is 0 Å². The van der Waals surface area contributed by atoms with Gasteiger partial charge in [0.05, 0.1) is 5.52 Å². The number of aryl methyl sites for hydroxylation is 1. The van der Waals surface area contributed by atoms with Gasteiger partial charge in [-0.25, -0.2) is 4.98 Å². The predicted octanol–water partition coefficient (Wildman–Crippen LogP) is 3.41. The second-order valence-corrected chi connectivity index (χ2v) is 4.34. The van der Waals surface area contributed by atoms with Crippen molar-refractivity contribution in [3.05, 3.63) is 47.9 Å². The first-order valence-corrected chi connectivity index (χ1v) is 5.81. The van der Waals surface area contributed by atoms with E-state index >= 15 is 0 Å². The van der Waals surface area contributed by atoms with Gasteiger partial charge in [0.15, 0.2) is 0 Å². The van der Waals surface area contributed by atoms with Gasteiger partial charge in [-0.1, -0.05) is 17.7 Å². The van der Waals surface area contributed by atoms with E-state index in [-0.39, 0.29) is 0 Å². The van der Waals surface area contributed by atoms with Crippen LogP contribution in [0.5, 0.6) is 11.6 Å². The molecule has 0 saturated heterocycles. The number of halogens is 1. The molecule has 0 fully saturated rings. The molecular weight excluding hydrogens is 250 g/mol. The SMILES string of the molecule is Cn1ccc2ncnc(Oc3cccc(Cl)c3)c21. The van der Waals surface area contributed by atoms with Crippen LogP contribution in [0.4, 0.5) is 0 Å². The maximum Gasteiger partial charge on any atom is 0.247 e. The number of aromatic nitrogens is 3. The van der Waals surface area contributed by atoms with Crippen LogP contribution in [0.25, 0.3) is 11.0 Å². The van der Waals surface area contributed by atoms with Crippen LogP contribution in [0.15, 0.2) is 42.9 Å². The van der Waals surface area contributed by atoms with Crippen molar-refractivity contribution in [3.8, 4) is 11.6 Å². The predicted molar refractivity (Wildman–Crippen MR) is 70.0 cm³/mol. The topological polar surface area (TPSA) is 39.9 Å². The lowest BCUT2D eigenvalue weighted by atomic mass is 10.3. The molecule has 2 heterocycles. The molecule has 0 N–H and O–H groups in total. The number of hydrogen-bond donors (Lipinski definition) is 0. The number of rotatable bonds is 2. The van der Waals surface area contributed by atoms with E-state index in [4.69, 9.17) is 16.3 Å². The van der Waals surface area contributed by atoms with Crippen molar-refractivity contribution < 1.29 is 4.74 Å². The molecule has 4 nitrogen and oxygen atoms in total. The van der Waals surface area contributed by atoms with Crippen LogP contribution in [0, 0.1) is 0 Å². The van der Waals surface area contributed by atoms with Crippen molar-refractivity contribution in [2.75, 3.05) is 0 Å². The monoisotopic (exact) mass is 259 g/mol. The third kappa shape index (κ3) is 1.91. The molecule has 0 atom stereocenters. The van der Waals surface area contributed by atoms with E-state index in [1.165, 1.54) is 6.33 Å². The van der Waals surface area contributed by atoms with Gasteiger partial charge < -0.3 is 9.30 Å². The van der Waals surface area contributed by atoms with Crippen molar-refractivity contribution >= 4 is 22.6 Å². The van der Waals surface area contributed by atoms with Gasteiger partial charge in [0.25, 0.3) is 0 Å². The molecule has 0 aliphatic rings. The molecule has 0 radical (unpaired) electrons. The number of benzene rings is 1. The molecule has 0 aliphatic carbocycles. The molecule has 3 aromatic rings. The Morgan fingerprint density at radius 2 is 2.11 bits per heavy atom. The first-order valence-electron chi connectivity index (χ1n) is 5.43. The maximum absolute atomic E-state index is 5.92. The molecule has 0 amide bonds. The first-order chi connectivity index (χ1) is 8.74. The van der Waals surface area contributed by atoms with Gasteiger partial charge in [0, 0.05) is 18.3 Å². The zero-order valence-electron chi connectivity index (χ0n) is 9.67. The second kappa shape index (κ2) is 4.31. The van der Waals surface area contributed by atoms with E-state index in [9.17, 15) is 0 Å². The summed E-state index contributed by atoms with van der Waals surface area (Å²) in [6.07, 6.45) is 3.41. The summed E-state index contributed by atoms with van der Waals surface area (Å²) >= 11 is 5.92. The van der Waals surface area contributed by atoms with E-state index in [0.29, 0.717) is 16.7 Å². The maximum atomic E-state index is 5.92. The highest BCUT2D eigenvalue weighted by Crippen LogP contribution is 2.27. The Bertz CT molecular complexity index is 708. The third-order valence-electron chi connectivity index (χ3n) is 2.64. The number of nitrogens with zero attached hydrogens (tertiary/aromatic N) is 3. The minimum atomic E-state index is 0.523. The zero-order valence-corrected chi connectivity index (χ0v) is 10.4. The minimum absolute atomic E-state index is 0.523. The molecule has 0 spiro atoms. The molecule has 0 bridgehead atoms. The number of fused-ring (bicyclic) bond motifs is 1. The molecule has 0 aliphatic heterocycles. The fourth-order valence-electron chi connectivity index (χ4n) is 1.80. The van der Waals surface area contributed by atoms with Gasteiger partial charge in [0.2, 0.25) is 5.88 Å². The van der Waals surface area contributed by atoms with Crippen molar-refractivity contribution in [1.82, 2.24) is 14.5 Å². The summed E-state index contributed by atoms with van der Waals surface area (Å²) in [5.74, 6) is 1.18. The zero-order chi connectivity index (χ0) is 12.5. The fourth-order valence-corrected chi connectivity index (χ4v) is 1.98. The van der Waals surface area contributed by atoms with Crippen LogP contribution in [0.2, 0.25) is 5.02 Å². The van der Waals surface area contributed by atoms with Crippen molar-refractivity contribution in [2.45, 2.75) is 0 Å². The Labute approximate surface area is 109 Å². The fraction of sp³-hybridized carbons (Fsp3) is 0.0769. The highest BCUT2D eigenvalue weighted by molar-refractivity contribution is 6.30. The quantitative estimate of drug-likeness (QED) is 0.708. The van der Waals surface area contributed by atoms with Gasteiger partial charge in [-0.15, -0.1) is 0 Å². The summed E-state index contributed by atoms with van der Waals surface area (Å²) < 4.78 is 7.68. The van der Waals surface area contributed by atoms with Crippen molar-refractivity contribution in [1.29, 1.82) is 0 Å². The molecule has 18 heavy (non-hydrogen) atoms. The molecule has 1 aromatic carbocycles. The summed E-state index contributed by atoms with van der Waals surface area (Å²) in [6.45, 7) is 0. The molecule has 3 rings (SSSR count). The van der Waals surface area contributed by atoms with Crippen LogP contribution in [-0.4, -0.2) is 14.5 Å². The van der Waals surface area contributed by atoms with Crippen LogP contribution >= 0.6 is 11.6 Å². The summed E-state index contributed by atoms with van der Waals surface area (Å²) in [5.41, 5.74) is 1.71. The summed E-state index contributed by atoms with van der Waals surface area (Å²) in [5, 5.41) is 0.629. The normalized spacial score (nSPS) is 10.8. The molecule has 90 valence electrons. The van der Waals surface area contributed by atoms with Gasteiger partial charge in [-0.2, -0.15) is 4.98 Å². The molecule has 5 heteroatoms. The Hall–Kier alpha value is -2.07. The smallest absolute Gasteiger partial charge is 0.247 e. The highest BCUT2D eigenvalue weighted by atomic mass is 35.5. The number of ether oxygens (including phenoxy) is 1. The average Bonchev–Trinajstić information content (AvgIpc) is 2.72. The van der Waals surface area contributed by atoms with E-state index < -0.39 is 0 Å². The lowest BCUT2D eigenvalue weighted by molar-refractivity contribution is 0.465. The Balaban J connectivity index is 2.07. The first kappa shape index (κ1) is 11.0. The van der Waals surface area contributed by atoms with Gasteiger partial charge >= 0.3 is 0 Å². The lowest BCUT2D eigenvalue weighted by Crippen LogP contribution is -1.94. The third-order valence-corrected chi connectivity index (χ3v) is 2.87. The Morgan fingerprint density at radius 3 is 2.94 bits per heavy atom. The highest BCUT2D eigenvalue weighted by Gasteiger charge is 2.09. The summed E-state index contributed by atoms with van der Waals surface area (Å²) in [7, 11) is 1.93. The number of hydrogen-bond acceptors (Lipinski definition) is 3. The minimum Gasteiger partial charge on any atom is -0.437 e. The van der Waals surface area contributed by atoms with Crippen LogP contribution in [0.3, 0.4) is 0 Å². The lowest BCUT2D eigenvalue weighted by Gasteiger charge is -2.07.